The first kappa shape index (κ1) is 26.2. The van der Waals surface area contributed by atoms with Gasteiger partial charge < -0.3 is 14.5 Å². The van der Waals surface area contributed by atoms with Gasteiger partial charge in [0.05, 0.1) is 22.8 Å². The van der Waals surface area contributed by atoms with E-state index in [9.17, 15) is 8.42 Å². The van der Waals surface area contributed by atoms with Crippen molar-refractivity contribution in [2.45, 2.75) is 56.6 Å². The minimum absolute atomic E-state index is 0.000812. The van der Waals surface area contributed by atoms with Gasteiger partial charge in [0, 0.05) is 23.2 Å². The Morgan fingerprint density at radius 2 is 1.63 bits per heavy atom. The molecule has 0 amide bonds. The summed E-state index contributed by atoms with van der Waals surface area (Å²) in [5.74, 6) is 2.48. The summed E-state index contributed by atoms with van der Waals surface area (Å²) in [6.45, 7) is 2.72. The van der Waals surface area contributed by atoms with E-state index in [1.165, 1.54) is 0 Å². The van der Waals surface area contributed by atoms with Gasteiger partial charge in [-0.1, -0.05) is 36.4 Å². The highest BCUT2D eigenvalue weighted by Gasteiger charge is 2.51. The Bertz CT molecular complexity index is 1680. The molecule has 9 heteroatoms. The molecule has 4 aliphatic rings. The molecule has 2 N–H and O–H groups in total. The maximum Gasteiger partial charge on any atom is 0.231 e. The second-order valence-electron chi connectivity index (χ2n) is 11.9. The zero-order valence-corrected chi connectivity index (χ0v) is 24.0. The van der Waals surface area contributed by atoms with Gasteiger partial charge in [-0.3, -0.25) is 4.98 Å². The van der Waals surface area contributed by atoms with Gasteiger partial charge in [0.15, 0.2) is 11.5 Å². The van der Waals surface area contributed by atoms with Gasteiger partial charge in [-0.25, -0.2) is 18.1 Å². The number of H-pyrrole nitrogens is 1. The Labute approximate surface area is 240 Å². The molecule has 2 bridgehead atoms. The number of hydrogen-bond donors (Lipinski definition) is 2. The third kappa shape index (κ3) is 5.02. The average molecular weight is 571 g/mol. The minimum Gasteiger partial charge on any atom is -0.454 e. The second-order valence-corrected chi connectivity index (χ2v) is 13.7. The van der Waals surface area contributed by atoms with Crippen molar-refractivity contribution in [2.24, 2.45) is 5.41 Å². The van der Waals surface area contributed by atoms with Crippen LogP contribution in [0.1, 0.15) is 55.6 Å². The Hall–Kier alpha value is -3.69. The highest BCUT2D eigenvalue weighted by molar-refractivity contribution is 7.88. The van der Waals surface area contributed by atoms with E-state index in [0.717, 1.165) is 89.8 Å². The fourth-order valence-electron chi connectivity index (χ4n) is 6.74. The number of rotatable bonds is 8. The van der Waals surface area contributed by atoms with Crippen molar-refractivity contribution >= 4 is 10.0 Å². The molecule has 0 spiro atoms. The molecule has 0 unspecified atom stereocenters. The summed E-state index contributed by atoms with van der Waals surface area (Å²) >= 11 is 0. The van der Waals surface area contributed by atoms with Crippen LogP contribution in [0.15, 0.2) is 66.7 Å². The van der Waals surface area contributed by atoms with Crippen LogP contribution in [-0.4, -0.2) is 36.7 Å². The lowest BCUT2D eigenvalue weighted by Gasteiger charge is -2.52. The number of hydrogen-bond acceptors (Lipinski definition) is 6. The topological polar surface area (TPSA) is 106 Å². The standard InChI is InChI=1S/C32H34N4O4S/c1-22-6-5-9-25(34-22)29-28(24-10-11-26-27(18-24)40-21-39-26)35-30(36-29)32-15-12-31(13-16-32,14-17-32)20-33-41(37,38)19-23-7-3-2-4-8-23/h2-11,18,33H,12-17,19-21H2,1H3,(H,35,36). The number of imidazole rings is 1. The van der Waals surface area contributed by atoms with Crippen molar-refractivity contribution < 1.29 is 17.9 Å². The number of aryl methyl sites for hydroxylation is 1. The van der Waals surface area contributed by atoms with Crippen LogP contribution in [0.2, 0.25) is 0 Å². The minimum atomic E-state index is -3.40. The van der Waals surface area contributed by atoms with Crippen molar-refractivity contribution in [3.8, 4) is 34.1 Å². The molecule has 4 aromatic rings. The zero-order valence-electron chi connectivity index (χ0n) is 23.2. The van der Waals surface area contributed by atoms with Crippen molar-refractivity contribution in [3.63, 3.8) is 0 Å². The van der Waals surface area contributed by atoms with Crippen molar-refractivity contribution in [1.29, 1.82) is 0 Å². The van der Waals surface area contributed by atoms with Crippen LogP contribution >= 0.6 is 0 Å². The molecule has 8 rings (SSSR count). The van der Waals surface area contributed by atoms with Crippen LogP contribution in [0.3, 0.4) is 0 Å². The normalized spacial score (nSPS) is 23.1. The third-order valence-electron chi connectivity index (χ3n) is 9.26. The first-order chi connectivity index (χ1) is 19.8. The lowest BCUT2D eigenvalue weighted by molar-refractivity contribution is 0.0401. The SMILES string of the molecule is Cc1cccc(-c2[nH]c(C34CCC(CNS(=O)(=O)Cc5ccccc5)(CC3)CC4)nc2-c2ccc3c(c2)OCO3)n1. The van der Waals surface area contributed by atoms with Crippen molar-refractivity contribution in [1.82, 2.24) is 19.7 Å². The maximum absolute atomic E-state index is 12.9. The molecule has 1 aliphatic heterocycles. The number of nitrogens with one attached hydrogen (secondary N) is 2. The molecule has 3 fully saturated rings. The van der Waals surface area contributed by atoms with Crippen LogP contribution in [0.25, 0.3) is 22.6 Å². The molecular weight excluding hydrogens is 536 g/mol. The first-order valence-electron chi connectivity index (χ1n) is 14.3. The fourth-order valence-corrected chi connectivity index (χ4v) is 8.00. The van der Waals surface area contributed by atoms with Gasteiger partial charge in [-0.2, -0.15) is 0 Å². The Kier molecular flexibility index (Phi) is 6.39. The van der Waals surface area contributed by atoms with E-state index >= 15 is 0 Å². The maximum atomic E-state index is 12.9. The summed E-state index contributed by atoms with van der Waals surface area (Å²) in [6, 6.07) is 21.4. The van der Waals surface area contributed by atoms with Crippen LogP contribution in [0.4, 0.5) is 0 Å². The summed E-state index contributed by atoms with van der Waals surface area (Å²) < 4.78 is 39.8. The summed E-state index contributed by atoms with van der Waals surface area (Å²) in [5, 5.41) is 0. The van der Waals surface area contributed by atoms with Crippen LogP contribution < -0.4 is 14.2 Å². The predicted molar refractivity (Wildman–Crippen MR) is 157 cm³/mol. The predicted octanol–water partition coefficient (Wildman–Crippen LogP) is 5.89. The number of benzene rings is 2. The van der Waals surface area contributed by atoms with Gasteiger partial charge in [0.2, 0.25) is 16.8 Å². The number of fused-ring (bicyclic) bond motifs is 4. The average Bonchev–Trinajstić information content (AvgIpc) is 3.65. The monoisotopic (exact) mass is 570 g/mol. The van der Waals surface area contributed by atoms with E-state index in [-0.39, 0.29) is 23.4 Å². The molecule has 2 aromatic carbocycles. The number of nitrogens with zero attached hydrogens (tertiary/aromatic N) is 2. The number of aromatic nitrogens is 3. The van der Waals surface area contributed by atoms with Gasteiger partial charge in [-0.15, -0.1) is 0 Å². The molecule has 0 saturated heterocycles. The molecule has 8 nitrogen and oxygen atoms in total. The summed E-state index contributed by atoms with van der Waals surface area (Å²) in [6.07, 6.45) is 5.84. The fraction of sp³-hybridized carbons (Fsp3) is 0.375. The molecule has 3 aliphatic carbocycles. The third-order valence-corrected chi connectivity index (χ3v) is 10.6. The van der Waals surface area contributed by atoms with Crippen LogP contribution in [-0.2, 0) is 21.2 Å². The van der Waals surface area contributed by atoms with E-state index in [0.29, 0.717) is 6.54 Å². The molecule has 2 aromatic heterocycles. The van der Waals surface area contributed by atoms with E-state index in [2.05, 4.69) is 9.71 Å². The van der Waals surface area contributed by atoms with Gasteiger partial charge in [0.1, 0.15) is 5.82 Å². The van der Waals surface area contributed by atoms with E-state index in [4.69, 9.17) is 19.4 Å². The van der Waals surface area contributed by atoms with Crippen LogP contribution in [0, 0.1) is 12.3 Å². The largest absolute Gasteiger partial charge is 0.454 e. The summed E-state index contributed by atoms with van der Waals surface area (Å²) in [7, 11) is -3.40. The van der Waals surface area contributed by atoms with Gasteiger partial charge >= 0.3 is 0 Å². The molecule has 0 radical (unpaired) electrons. The molecule has 0 atom stereocenters. The lowest BCUT2D eigenvalue weighted by atomic mass is 9.53. The molecule has 3 saturated carbocycles. The highest BCUT2D eigenvalue weighted by atomic mass is 32.2. The number of pyridine rings is 1. The van der Waals surface area contributed by atoms with Crippen molar-refractivity contribution in [3.05, 3.63) is 83.8 Å². The first-order valence-corrected chi connectivity index (χ1v) is 15.9. The van der Waals surface area contributed by atoms with Crippen molar-refractivity contribution in [2.75, 3.05) is 13.3 Å². The molecular formula is C32H34N4O4S. The Morgan fingerprint density at radius 3 is 2.39 bits per heavy atom. The van der Waals surface area contributed by atoms with Gasteiger partial charge in [-0.05, 0) is 86.8 Å². The number of sulfonamides is 1. The highest BCUT2D eigenvalue weighted by Crippen LogP contribution is 2.57. The number of ether oxygens (including phenoxy) is 2. The lowest BCUT2D eigenvalue weighted by Crippen LogP contribution is -2.49. The molecule has 3 heterocycles. The van der Waals surface area contributed by atoms with E-state index in [1.807, 2.05) is 73.7 Å². The van der Waals surface area contributed by atoms with E-state index < -0.39 is 10.0 Å². The zero-order chi connectivity index (χ0) is 28.1. The summed E-state index contributed by atoms with van der Waals surface area (Å²) in [5.41, 5.74) is 5.29. The molecule has 41 heavy (non-hydrogen) atoms. The number of aromatic amines is 1. The smallest absolute Gasteiger partial charge is 0.231 e. The second kappa shape index (κ2) is 9.99. The van der Waals surface area contributed by atoms with E-state index in [1.54, 1.807) is 0 Å². The Morgan fingerprint density at radius 1 is 0.878 bits per heavy atom. The molecule has 212 valence electrons. The summed E-state index contributed by atoms with van der Waals surface area (Å²) in [4.78, 5) is 13.8. The van der Waals surface area contributed by atoms with Crippen LogP contribution in [0.5, 0.6) is 11.5 Å². The van der Waals surface area contributed by atoms with Gasteiger partial charge in [0.25, 0.3) is 0 Å². The quantitative estimate of drug-likeness (QED) is 0.274. The Balaban J connectivity index is 1.14.